The monoisotopic (exact) mass is 320 g/mol. The fourth-order valence-electron chi connectivity index (χ4n) is 4.31. The third kappa shape index (κ3) is 2.26. The van der Waals surface area contributed by atoms with Gasteiger partial charge in [0.2, 0.25) is 5.12 Å². The van der Waals surface area contributed by atoms with Crippen LogP contribution in [0.2, 0.25) is 0 Å². The van der Waals surface area contributed by atoms with Crippen LogP contribution in [0, 0.1) is 23.7 Å². The first-order valence-corrected chi connectivity index (χ1v) is 8.46. The lowest BCUT2D eigenvalue weighted by molar-refractivity contribution is -0.148. The van der Waals surface area contributed by atoms with Crippen LogP contribution in [0.5, 0.6) is 0 Å². The number of esters is 1. The van der Waals surface area contributed by atoms with E-state index in [2.05, 4.69) is 13.2 Å². The predicted molar refractivity (Wildman–Crippen MR) is 84.1 cm³/mol. The van der Waals surface area contributed by atoms with Gasteiger partial charge in [-0.1, -0.05) is 37.4 Å². The molecule has 6 atom stereocenters. The summed E-state index contributed by atoms with van der Waals surface area (Å²) in [5.74, 6) is -0.265. The van der Waals surface area contributed by atoms with Gasteiger partial charge in [0.05, 0.1) is 5.92 Å². The molecule has 0 spiro atoms. The summed E-state index contributed by atoms with van der Waals surface area (Å²) >= 11 is 1.24. The summed E-state index contributed by atoms with van der Waals surface area (Å²) in [6.45, 7) is 11.4. The number of thioether (sulfide) groups is 1. The van der Waals surface area contributed by atoms with Crippen LogP contribution in [0.25, 0.3) is 0 Å². The standard InChI is InChI=1S/C17H20O4S/c1-7-5-12(19)15-9(3)17(20)22-16(15)14-8(2)13(6-11(7)14)21-10(4)18/h8,11,13-16H,1,3,5-6H2,2,4H3. The molecule has 1 heterocycles. The second-order valence-electron chi connectivity index (χ2n) is 6.60. The van der Waals surface area contributed by atoms with Crippen molar-refractivity contribution in [2.45, 2.75) is 38.0 Å². The summed E-state index contributed by atoms with van der Waals surface area (Å²) < 4.78 is 5.45. The van der Waals surface area contributed by atoms with Gasteiger partial charge in [-0.2, -0.15) is 0 Å². The van der Waals surface area contributed by atoms with Gasteiger partial charge in [-0.3, -0.25) is 14.4 Å². The minimum Gasteiger partial charge on any atom is -0.462 e. The van der Waals surface area contributed by atoms with E-state index < -0.39 is 5.92 Å². The van der Waals surface area contributed by atoms with Crippen molar-refractivity contribution in [3.05, 3.63) is 24.3 Å². The van der Waals surface area contributed by atoms with Crippen molar-refractivity contribution >= 4 is 28.6 Å². The molecule has 0 N–H and O–H groups in total. The van der Waals surface area contributed by atoms with Crippen LogP contribution in [-0.2, 0) is 19.1 Å². The first-order valence-electron chi connectivity index (χ1n) is 7.58. The Morgan fingerprint density at radius 2 is 2.00 bits per heavy atom. The minimum atomic E-state index is -0.400. The van der Waals surface area contributed by atoms with E-state index in [9.17, 15) is 14.4 Å². The third-order valence-electron chi connectivity index (χ3n) is 5.32. The molecular formula is C17H20O4S. The molecule has 6 unspecified atom stereocenters. The predicted octanol–water partition coefficient (Wildman–Crippen LogP) is 2.53. The number of Topliss-reactive ketones (excluding diaryl/α,β-unsaturated/α-hetero) is 1. The van der Waals surface area contributed by atoms with Gasteiger partial charge in [0.1, 0.15) is 11.9 Å². The van der Waals surface area contributed by atoms with Crippen molar-refractivity contribution in [2.75, 3.05) is 0 Å². The average Bonchev–Trinajstić information content (AvgIpc) is 2.85. The van der Waals surface area contributed by atoms with Crippen LogP contribution in [0.3, 0.4) is 0 Å². The van der Waals surface area contributed by atoms with Gasteiger partial charge in [0.15, 0.2) is 0 Å². The molecule has 3 aliphatic rings. The van der Waals surface area contributed by atoms with Gasteiger partial charge in [0.25, 0.3) is 0 Å². The van der Waals surface area contributed by atoms with Gasteiger partial charge >= 0.3 is 5.97 Å². The first-order chi connectivity index (χ1) is 10.3. The van der Waals surface area contributed by atoms with Gasteiger partial charge in [-0.05, 0) is 24.2 Å². The molecule has 3 rings (SSSR count). The zero-order valence-corrected chi connectivity index (χ0v) is 13.7. The maximum Gasteiger partial charge on any atom is 0.302 e. The summed E-state index contributed by atoms with van der Waals surface area (Å²) in [6.07, 6.45) is 0.833. The molecule has 0 aromatic rings. The number of allylic oxidation sites excluding steroid dienone is 1. The number of ketones is 1. The van der Waals surface area contributed by atoms with Gasteiger partial charge in [-0.15, -0.1) is 0 Å². The van der Waals surface area contributed by atoms with E-state index in [0.29, 0.717) is 18.4 Å². The molecule has 0 bridgehead atoms. The molecule has 2 aliphatic carbocycles. The largest absolute Gasteiger partial charge is 0.462 e. The van der Waals surface area contributed by atoms with Crippen LogP contribution in [0.1, 0.15) is 26.7 Å². The number of hydrogen-bond donors (Lipinski definition) is 0. The van der Waals surface area contributed by atoms with Gasteiger partial charge in [0, 0.05) is 24.2 Å². The highest BCUT2D eigenvalue weighted by molar-refractivity contribution is 8.15. The molecule has 118 valence electrons. The van der Waals surface area contributed by atoms with Crippen LogP contribution in [-0.4, -0.2) is 28.2 Å². The Labute approximate surface area is 134 Å². The number of fused-ring (bicyclic) bond motifs is 3. The van der Waals surface area contributed by atoms with Crippen molar-refractivity contribution in [2.24, 2.45) is 23.7 Å². The van der Waals surface area contributed by atoms with Crippen molar-refractivity contribution in [3.63, 3.8) is 0 Å². The average molecular weight is 320 g/mol. The second kappa shape index (κ2) is 5.37. The third-order valence-corrected chi connectivity index (χ3v) is 6.66. The first kappa shape index (κ1) is 15.5. The van der Waals surface area contributed by atoms with E-state index in [1.54, 1.807) is 0 Å². The second-order valence-corrected chi connectivity index (χ2v) is 7.75. The molecular weight excluding hydrogens is 300 g/mol. The molecule has 0 amide bonds. The summed E-state index contributed by atoms with van der Waals surface area (Å²) in [4.78, 5) is 35.8. The van der Waals surface area contributed by atoms with E-state index in [-0.39, 0.29) is 46.0 Å². The van der Waals surface area contributed by atoms with Crippen LogP contribution in [0.4, 0.5) is 0 Å². The number of carbonyl (C=O) groups is 3. The molecule has 2 saturated carbocycles. The normalized spacial score (nSPS) is 41.2. The van der Waals surface area contributed by atoms with Crippen LogP contribution < -0.4 is 0 Å². The summed E-state index contributed by atoms with van der Waals surface area (Å²) in [7, 11) is 0. The topological polar surface area (TPSA) is 60.4 Å². The van der Waals surface area contributed by atoms with Crippen LogP contribution >= 0.6 is 11.8 Å². The van der Waals surface area contributed by atoms with Gasteiger partial charge < -0.3 is 4.74 Å². The lowest BCUT2D eigenvalue weighted by Crippen LogP contribution is -2.33. The lowest BCUT2D eigenvalue weighted by atomic mass is 9.80. The van der Waals surface area contributed by atoms with E-state index in [1.165, 1.54) is 18.7 Å². The SMILES string of the molecule is C=C1CC(=O)C2C(=C)C(=O)SC2C2C1CC(OC(C)=O)C2C. The summed E-state index contributed by atoms with van der Waals surface area (Å²) in [6, 6.07) is 0. The fourth-order valence-corrected chi connectivity index (χ4v) is 5.88. The van der Waals surface area contributed by atoms with E-state index in [1.807, 2.05) is 6.92 Å². The molecule has 1 aliphatic heterocycles. The van der Waals surface area contributed by atoms with Crippen molar-refractivity contribution < 1.29 is 19.1 Å². The molecule has 0 aromatic heterocycles. The summed E-state index contributed by atoms with van der Waals surface area (Å²) in [5, 5.41) is -0.162. The molecule has 3 fully saturated rings. The highest BCUT2D eigenvalue weighted by Gasteiger charge is 2.56. The smallest absolute Gasteiger partial charge is 0.302 e. The number of carbonyl (C=O) groups excluding carboxylic acids is 3. The van der Waals surface area contributed by atoms with Crippen molar-refractivity contribution in [3.8, 4) is 0 Å². The van der Waals surface area contributed by atoms with E-state index in [0.717, 1.165) is 5.57 Å². The zero-order chi connectivity index (χ0) is 16.2. The molecule has 5 heteroatoms. The molecule has 0 radical (unpaired) electrons. The Bertz CT molecular complexity index is 593. The Balaban J connectivity index is 1.97. The van der Waals surface area contributed by atoms with Gasteiger partial charge in [-0.25, -0.2) is 0 Å². The molecule has 22 heavy (non-hydrogen) atoms. The lowest BCUT2D eigenvalue weighted by Gasteiger charge is -2.28. The molecule has 0 aromatic carbocycles. The highest BCUT2D eigenvalue weighted by atomic mass is 32.2. The van der Waals surface area contributed by atoms with E-state index >= 15 is 0 Å². The zero-order valence-electron chi connectivity index (χ0n) is 12.8. The number of rotatable bonds is 1. The van der Waals surface area contributed by atoms with Crippen LogP contribution in [0.15, 0.2) is 24.3 Å². The number of ether oxygens (including phenoxy) is 1. The molecule has 4 nitrogen and oxygen atoms in total. The molecule has 1 saturated heterocycles. The van der Waals surface area contributed by atoms with Crippen molar-refractivity contribution in [1.29, 1.82) is 0 Å². The number of hydrogen-bond acceptors (Lipinski definition) is 5. The Morgan fingerprint density at radius 3 is 2.64 bits per heavy atom. The summed E-state index contributed by atoms with van der Waals surface area (Å²) in [5.41, 5.74) is 1.34. The maximum absolute atomic E-state index is 12.5. The Kier molecular flexibility index (Phi) is 3.79. The van der Waals surface area contributed by atoms with E-state index in [4.69, 9.17) is 4.74 Å². The quantitative estimate of drug-likeness (QED) is 0.422. The maximum atomic E-state index is 12.5. The highest BCUT2D eigenvalue weighted by Crippen LogP contribution is 2.56. The fraction of sp³-hybridized carbons (Fsp3) is 0.588. The minimum absolute atomic E-state index is 0.0592. The van der Waals surface area contributed by atoms with Crippen molar-refractivity contribution in [1.82, 2.24) is 0 Å². The Morgan fingerprint density at radius 1 is 1.32 bits per heavy atom. The Hall–Kier alpha value is -1.36.